The Morgan fingerprint density at radius 2 is 2.06 bits per heavy atom. The monoisotopic (exact) mass is 258 g/mol. The molecule has 104 valence electrons. The van der Waals surface area contributed by atoms with Crippen LogP contribution in [0.1, 0.15) is 46.5 Å². The highest BCUT2D eigenvalue weighted by molar-refractivity contribution is 5.04. The predicted molar refractivity (Wildman–Crippen MR) is 68.8 cm³/mol. The molecule has 2 atom stereocenters. The largest absolute Gasteiger partial charge is 0.381 e. The van der Waals surface area contributed by atoms with Crippen molar-refractivity contribution < 1.29 is 13.5 Å². The van der Waals surface area contributed by atoms with Gasteiger partial charge in [0, 0.05) is 5.41 Å². The van der Waals surface area contributed by atoms with Crippen LogP contribution in [0, 0.1) is 16.7 Å². The molecular formula is C15H24F2O. The summed E-state index contributed by atoms with van der Waals surface area (Å²) < 4.78 is 32.9. The lowest BCUT2D eigenvalue weighted by molar-refractivity contribution is -0.0503. The quantitative estimate of drug-likeness (QED) is 0.678. The summed E-state index contributed by atoms with van der Waals surface area (Å²) in [6, 6.07) is 0. The summed E-state index contributed by atoms with van der Waals surface area (Å²) in [6.45, 7) is 6.43. The van der Waals surface area contributed by atoms with E-state index in [1.54, 1.807) is 26.8 Å². The smallest absolute Gasteiger partial charge is 0.271 e. The summed E-state index contributed by atoms with van der Waals surface area (Å²) in [4.78, 5) is 0. The molecule has 0 N–H and O–H groups in total. The van der Waals surface area contributed by atoms with Crippen molar-refractivity contribution in [2.75, 3.05) is 13.2 Å². The van der Waals surface area contributed by atoms with Gasteiger partial charge in [-0.15, -0.1) is 0 Å². The fourth-order valence-electron chi connectivity index (χ4n) is 2.86. The van der Waals surface area contributed by atoms with E-state index in [1.165, 1.54) is 12.8 Å². The molecule has 1 aliphatic heterocycles. The van der Waals surface area contributed by atoms with Gasteiger partial charge in [0.25, 0.3) is 5.92 Å². The number of hydrogen-bond donors (Lipinski definition) is 0. The van der Waals surface area contributed by atoms with Crippen LogP contribution in [0.15, 0.2) is 12.2 Å². The predicted octanol–water partition coefficient (Wildman–Crippen LogP) is 4.43. The molecule has 2 aliphatic rings. The van der Waals surface area contributed by atoms with Gasteiger partial charge in [0.1, 0.15) is 0 Å². The van der Waals surface area contributed by atoms with Gasteiger partial charge in [0.2, 0.25) is 0 Å². The topological polar surface area (TPSA) is 9.23 Å². The summed E-state index contributed by atoms with van der Waals surface area (Å²) >= 11 is 0. The van der Waals surface area contributed by atoms with Gasteiger partial charge in [0.05, 0.1) is 13.2 Å². The first kappa shape index (κ1) is 14.0. The third-order valence-electron chi connectivity index (χ3n) is 4.70. The Bertz CT molecular complexity index is 330. The van der Waals surface area contributed by atoms with Crippen molar-refractivity contribution in [3.8, 4) is 0 Å². The maximum absolute atomic E-state index is 13.7. The Labute approximate surface area is 109 Å². The maximum Gasteiger partial charge on any atom is 0.271 e. The molecule has 0 aromatic rings. The van der Waals surface area contributed by atoms with Gasteiger partial charge in [-0.2, -0.15) is 0 Å². The number of fused-ring (bicyclic) bond motifs is 1. The zero-order valence-corrected chi connectivity index (χ0v) is 11.6. The molecule has 1 aliphatic carbocycles. The van der Waals surface area contributed by atoms with E-state index in [0.29, 0.717) is 11.3 Å². The van der Waals surface area contributed by atoms with Crippen molar-refractivity contribution in [3.63, 3.8) is 0 Å². The SMILES string of the molecule is CC(C)(C)C(F)(F)/C=C/CCC12CCC1COC2. The van der Waals surface area contributed by atoms with Crippen LogP contribution < -0.4 is 0 Å². The summed E-state index contributed by atoms with van der Waals surface area (Å²) in [5.74, 6) is -2.04. The molecule has 3 heteroatoms. The Hall–Kier alpha value is -0.440. The molecular weight excluding hydrogens is 234 g/mol. The highest BCUT2D eigenvalue weighted by Crippen LogP contribution is 2.54. The van der Waals surface area contributed by atoms with E-state index in [9.17, 15) is 8.78 Å². The number of alkyl halides is 2. The Morgan fingerprint density at radius 1 is 1.33 bits per heavy atom. The standard InChI is InChI=1S/C15H24F2O/c1-13(2,3)15(16,17)8-5-4-7-14-9-6-12(14)10-18-11-14/h5,8,12H,4,6-7,9-11H2,1-3H3/b8-5+. The molecule has 0 amide bonds. The van der Waals surface area contributed by atoms with Crippen LogP contribution in [0.4, 0.5) is 8.78 Å². The average molecular weight is 258 g/mol. The van der Waals surface area contributed by atoms with E-state index >= 15 is 0 Å². The van der Waals surface area contributed by atoms with Gasteiger partial charge in [-0.3, -0.25) is 0 Å². The second kappa shape index (κ2) is 4.59. The fourth-order valence-corrected chi connectivity index (χ4v) is 2.86. The van der Waals surface area contributed by atoms with Crippen LogP contribution >= 0.6 is 0 Å². The number of hydrogen-bond acceptors (Lipinski definition) is 1. The van der Waals surface area contributed by atoms with Gasteiger partial charge in [0.15, 0.2) is 0 Å². The number of ether oxygens (including phenoxy) is 1. The van der Waals surface area contributed by atoms with E-state index in [4.69, 9.17) is 4.74 Å². The lowest BCUT2D eigenvalue weighted by Crippen LogP contribution is -2.38. The summed E-state index contributed by atoms with van der Waals surface area (Å²) in [7, 11) is 0. The zero-order valence-electron chi connectivity index (χ0n) is 11.6. The molecule has 1 nitrogen and oxygen atoms in total. The van der Waals surface area contributed by atoms with Crippen LogP contribution in [0.5, 0.6) is 0 Å². The van der Waals surface area contributed by atoms with Crippen molar-refractivity contribution in [1.29, 1.82) is 0 Å². The molecule has 2 unspecified atom stereocenters. The van der Waals surface area contributed by atoms with Gasteiger partial charge in [-0.25, -0.2) is 8.78 Å². The molecule has 0 bridgehead atoms. The highest BCUT2D eigenvalue weighted by atomic mass is 19.3. The Balaban J connectivity index is 1.82. The molecule has 1 saturated carbocycles. The van der Waals surface area contributed by atoms with Crippen LogP contribution in [0.3, 0.4) is 0 Å². The van der Waals surface area contributed by atoms with Crippen molar-refractivity contribution >= 4 is 0 Å². The maximum atomic E-state index is 13.7. The van der Waals surface area contributed by atoms with E-state index in [1.807, 2.05) is 0 Å². The molecule has 1 heterocycles. The van der Waals surface area contributed by atoms with Crippen LogP contribution in [-0.2, 0) is 4.74 Å². The van der Waals surface area contributed by atoms with Crippen LogP contribution in [-0.4, -0.2) is 19.1 Å². The number of allylic oxidation sites excluding steroid dienone is 2. The minimum Gasteiger partial charge on any atom is -0.381 e. The normalized spacial score (nSPS) is 32.6. The van der Waals surface area contributed by atoms with Gasteiger partial charge in [-0.05, 0) is 43.1 Å². The summed E-state index contributed by atoms with van der Waals surface area (Å²) in [5, 5.41) is 0. The minimum absolute atomic E-state index is 0.321. The van der Waals surface area contributed by atoms with Crippen molar-refractivity contribution in [2.45, 2.75) is 52.4 Å². The van der Waals surface area contributed by atoms with Crippen molar-refractivity contribution in [2.24, 2.45) is 16.7 Å². The van der Waals surface area contributed by atoms with Crippen molar-refractivity contribution in [3.05, 3.63) is 12.2 Å². The second-order valence-corrected chi connectivity index (χ2v) is 6.93. The lowest BCUT2D eigenvalue weighted by atomic mass is 9.60. The first-order valence-corrected chi connectivity index (χ1v) is 6.90. The van der Waals surface area contributed by atoms with Crippen LogP contribution in [0.25, 0.3) is 0 Å². The van der Waals surface area contributed by atoms with Crippen molar-refractivity contribution in [1.82, 2.24) is 0 Å². The molecule has 0 spiro atoms. The fraction of sp³-hybridized carbons (Fsp3) is 0.867. The minimum atomic E-state index is -2.73. The molecule has 18 heavy (non-hydrogen) atoms. The second-order valence-electron chi connectivity index (χ2n) is 6.93. The molecule has 2 rings (SSSR count). The van der Waals surface area contributed by atoms with Gasteiger partial charge < -0.3 is 4.74 Å². The third-order valence-corrected chi connectivity index (χ3v) is 4.70. The van der Waals surface area contributed by atoms with Gasteiger partial charge in [-0.1, -0.05) is 26.8 Å². The Kier molecular flexibility index (Phi) is 3.56. The van der Waals surface area contributed by atoms with Gasteiger partial charge >= 0.3 is 0 Å². The lowest BCUT2D eigenvalue weighted by Gasteiger charge is -2.43. The summed E-state index contributed by atoms with van der Waals surface area (Å²) in [6.07, 6.45) is 6.95. The number of halogens is 2. The van der Waals surface area contributed by atoms with E-state index < -0.39 is 11.3 Å². The molecule has 1 saturated heterocycles. The Morgan fingerprint density at radius 3 is 2.56 bits per heavy atom. The highest BCUT2D eigenvalue weighted by Gasteiger charge is 2.50. The summed E-state index contributed by atoms with van der Waals surface area (Å²) in [5.41, 5.74) is -0.682. The van der Waals surface area contributed by atoms with E-state index in [-0.39, 0.29) is 0 Å². The number of rotatable bonds is 4. The van der Waals surface area contributed by atoms with E-state index in [2.05, 4.69) is 0 Å². The molecule has 0 radical (unpaired) electrons. The first-order chi connectivity index (χ1) is 8.27. The third kappa shape index (κ3) is 2.47. The van der Waals surface area contributed by atoms with E-state index in [0.717, 1.165) is 32.1 Å². The molecule has 0 aromatic carbocycles. The molecule has 2 fully saturated rings. The average Bonchev–Trinajstić information content (AvgIpc) is 2.49. The first-order valence-electron chi connectivity index (χ1n) is 6.90. The zero-order chi connectivity index (χ0) is 13.4. The van der Waals surface area contributed by atoms with Crippen LogP contribution in [0.2, 0.25) is 0 Å². The molecule has 0 aromatic heterocycles.